The molecule has 0 bridgehead atoms. The van der Waals surface area contributed by atoms with Crippen molar-refractivity contribution in [3.63, 3.8) is 0 Å². The molecular weight excluding hydrogens is 368 g/mol. The molecule has 0 unspecified atom stereocenters. The summed E-state index contributed by atoms with van der Waals surface area (Å²) in [6.45, 7) is 1.78. The van der Waals surface area contributed by atoms with Crippen LogP contribution in [0.4, 0.5) is 0 Å². The molecule has 0 saturated heterocycles. The average molecular weight is 389 g/mol. The Bertz CT molecular complexity index is 724. The molecule has 0 spiro atoms. The molecule has 0 saturated carbocycles. The molecule has 26 heavy (non-hydrogen) atoms. The lowest BCUT2D eigenvalue weighted by molar-refractivity contribution is -0.603. The van der Waals surface area contributed by atoms with E-state index in [2.05, 4.69) is 0 Å². The van der Waals surface area contributed by atoms with Crippen molar-refractivity contribution in [3.8, 4) is 11.5 Å². The Morgan fingerprint density at radius 1 is 1.08 bits per heavy atom. The first-order valence-corrected chi connectivity index (χ1v) is 7.90. The number of aromatic nitrogens is 2. The Kier molecular flexibility index (Phi) is 9.91. The van der Waals surface area contributed by atoms with Gasteiger partial charge in [-0.05, 0) is 11.6 Å². The summed E-state index contributed by atoms with van der Waals surface area (Å²) in [5, 5.41) is 19.7. The van der Waals surface area contributed by atoms with Gasteiger partial charge >= 0.3 is 0 Å². The van der Waals surface area contributed by atoms with Crippen molar-refractivity contribution in [2.75, 3.05) is 40.6 Å². The standard InChI is InChI=1S/C8H10ClNO3.C8H11NO4/c1-12-4-5-13-7-2-3-10(11)8(9)6-7;1-12-4-5-13-7-2-3-9(11)8(10)6-7/h2-3,6H,4-5H2,1H3;2-3,6,11H,4-5H2,1H3. The Morgan fingerprint density at radius 3 is 2.15 bits per heavy atom. The van der Waals surface area contributed by atoms with Gasteiger partial charge in [0.05, 0.1) is 25.5 Å². The molecule has 0 aromatic carbocycles. The number of nitrogens with zero attached hydrogens (tertiary/aromatic N) is 2. The average Bonchev–Trinajstić information content (AvgIpc) is 2.62. The fraction of sp³-hybridized carbons (Fsp3) is 0.375. The van der Waals surface area contributed by atoms with Crippen LogP contribution >= 0.6 is 11.6 Å². The van der Waals surface area contributed by atoms with Crippen LogP contribution in [0.25, 0.3) is 0 Å². The monoisotopic (exact) mass is 388 g/mol. The second kappa shape index (κ2) is 12.0. The highest BCUT2D eigenvalue weighted by Crippen LogP contribution is 2.12. The number of rotatable bonds is 8. The molecular formula is C16H21ClN2O7. The van der Waals surface area contributed by atoms with Crippen molar-refractivity contribution in [3.05, 3.63) is 57.4 Å². The minimum Gasteiger partial charge on any atom is -0.618 e. The normalized spacial score (nSPS) is 9.96. The largest absolute Gasteiger partial charge is 0.618 e. The summed E-state index contributed by atoms with van der Waals surface area (Å²) in [5.74, 6) is 0.988. The second-order valence-corrected chi connectivity index (χ2v) is 5.13. The third-order valence-electron chi connectivity index (χ3n) is 2.83. The van der Waals surface area contributed by atoms with Crippen LogP contribution in [-0.4, -0.2) is 50.6 Å². The molecule has 2 aromatic heterocycles. The molecule has 144 valence electrons. The van der Waals surface area contributed by atoms with Crippen molar-refractivity contribution in [2.24, 2.45) is 0 Å². The smallest absolute Gasteiger partial charge is 0.289 e. The third-order valence-corrected chi connectivity index (χ3v) is 3.11. The van der Waals surface area contributed by atoms with Crippen LogP contribution < -0.4 is 19.8 Å². The van der Waals surface area contributed by atoms with Crippen LogP contribution in [0.3, 0.4) is 0 Å². The molecule has 0 radical (unpaired) electrons. The number of hydrogen-bond acceptors (Lipinski definition) is 7. The van der Waals surface area contributed by atoms with Gasteiger partial charge in [0, 0.05) is 32.4 Å². The lowest BCUT2D eigenvalue weighted by Crippen LogP contribution is -2.26. The number of ether oxygens (including phenoxy) is 4. The molecule has 10 heteroatoms. The quantitative estimate of drug-likeness (QED) is 0.237. The van der Waals surface area contributed by atoms with Gasteiger partial charge in [-0.25, -0.2) is 0 Å². The van der Waals surface area contributed by atoms with E-state index in [1.807, 2.05) is 0 Å². The summed E-state index contributed by atoms with van der Waals surface area (Å²) in [4.78, 5) is 10.9. The minimum absolute atomic E-state index is 0.0925. The Balaban J connectivity index is 0.000000260. The first-order valence-electron chi connectivity index (χ1n) is 7.52. The van der Waals surface area contributed by atoms with Gasteiger partial charge in [0.1, 0.15) is 24.7 Å². The SMILES string of the molecule is COCCOc1cc[n+]([O-])c(Cl)c1.COCCOc1ccn(O)c(=O)c1. The van der Waals surface area contributed by atoms with Crippen molar-refractivity contribution in [1.29, 1.82) is 0 Å². The molecule has 0 aliphatic heterocycles. The van der Waals surface area contributed by atoms with Crippen LogP contribution in [0, 0.1) is 5.21 Å². The predicted octanol–water partition coefficient (Wildman–Crippen LogP) is 1.11. The van der Waals surface area contributed by atoms with Gasteiger partial charge < -0.3 is 29.4 Å². The lowest BCUT2D eigenvalue weighted by atomic mass is 10.4. The third kappa shape index (κ3) is 8.06. The molecule has 0 atom stereocenters. The van der Waals surface area contributed by atoms with E-state index in [9.17, 15) is 10.0 Å². The van der Waals surface area contributed by atoms with Crippen LogP contribution in [0.2, 0.25) is 5.15 Å². The van der Waals surface area contributed by atoms with E-state index >= 15 is 0 Å². The van der Waals surface area contributed by atoms with Gasteiger partial charge in [-0.2, -0.15) is 9.46 Å². The number of pyridine rings is 2. The second-order valence-electron chi connectivity index (χ2n) is 4.74. The zero-order chi connectivity index (χ0) is 19.4. The highest BCUT2D eigenvalue weighted by atomic mass is 35.5. The molecule has 2 heterocycles. The molecule has 0 amide bonds. The van der Waals surface area contributed by atoms with E-state index in [0.717, 1.165) is 0 Å². The van der Waals surface area contributed by atoms with E-state index in [-0.39, 0.29) is 5.15 Å². The van der Waals surface area contributed by atoms with E-state index in [4.69, 9.17) is 35.8 Å². The van der Waals surface area contributed by atoms with Gasteiger partial charge in [-0.3, -0.25) is 4.79 Å². The summed E-state index contributed by atoms with van der Waals surface area (Å²) in [6.07, 6.45) is 2.52. The summed E-state index contributed by atoms with van der Waals surface area (Å²) in [5.41, 5.74) is -0.519. The molecule has 9 nitrogen and oxygen atoms in total. The Labute approximate surface area is 155 Å². The van der Waals surface area contributed by atoms with Crippen molar-refractivity contribution in [1.82, 2.24) is 4.73 Å². The fourth-order valence-corrected chi connectivity index (χ4v) is 1.72. The van der Waals surface area contributed by atoms with E-state index in [1.165, 1.54) is 30.6 Å². The maximum atomic E-state index is 10.9. The minimum atomic E-state index is -0.519. The topological polar surface area (TPSA) is 106 Å². The highest BCUT2D eigenvalue weighted by molar-refractivity contribution is 6.28. The van der Waals surface area contributed by atoms with Gasteiger partial charge in [0.2, 0.25) is 0 Å². The van der Waals surface area contributed by atoms with Gasteiger partial charge in [-0.1, -0.05) is 0 Å². The number of hydrogen-bond donors (Lipinski definition) is 1. The van der Waals surface area contributed by atoms with Crippen molar-refractivity contribution in [2.45, 2.75) is 0 Å². The van der Waals surface area contributed by atoms with E-state index in [1.54, 1.807) is 20.3 Å². The highest BCUT2D eigenvalue weighted by Gasteiger charge is 2.03. The molecule has 0 aliphatic rings. The Hall–Kier alpha value is -2.49. The van der Waals surface area contributed by atoms with Gasteiger partial charge in [-0.15, -0.1) is 0 Å². The molecule has 2 aromatic rings. The Morgan fingerprint density at radius 2 is 1.65 bits per heavy atom. The summed E-state index contributed by atoms with van der Waals surface area (Å²) in [6, 6.07) is 5.71. The number of halogens is 1. The van der Waals surface area contributed by atoms with E-state index < -0.39 is 5.56 Å². The van der Waals surface area contributed by atoms with E-state index in [0.29, 0.717) is 47.4 Å². The van der Waals surface area contributed by atoms with Crippen LogP contribution in [0.5, 0.6) is 11.5 Å². The van der Waals surface area contributed by atoms with Gasteiger partial charge in [0.15, 0.2) is 6.20 Å². The predicted molar refractivity (Wildman–Crippen MR) is 93.0 cm³/mol. The zero-order valence-electron chi connectivity index (χ0n) is 14.5. The molecule has 2 rings (SSSR count). The first kappa shape index (κ1) is 21.6. The summed E-state index contributed by atoms with van der Waals surface area (Å²) < 4.78 is 21.0. The van der Waals surface area contributed by atoms with Crippen LogP contribution in [-0.2, 0) is 9.47 Å². The van der Waals surface area contributed by atoms with Crippen molar-refractivity contribution < 1.29 is 28.9 Å². The lowest BCUT2D eigenvalue weighted by Gasteiger charge is -2.05. The molecule has 0 aliphatic carbocycles. The van der Waals surface area contributed by atoms with Crippen molar-refractivity contribution >= 4 is 11.6 Å². The fourth-order valence-electron chi connectivity index (χ4n) is 1.56. The van der Waals surface area contributed by atoms with Crippen LogP contribution in [0.1, 0.15) is 0 Å². The molecule has 1 N–H and O–H groups in total. The molecule has 0 fully saturated rings. The summed E-state index contributed by atoms with van der Waals surface area (Å²) in [7, 11) is 3.15. The summed E-state index contributed by atoms with van der Waals surface area (Å²) >= 11 is 5.57. The maximum absolute atomic E-state index is 10.9. The van der Waals surface area contributed by atoms with Crippen LogP contribution in [0.15, 0.2) is 41.5 Å². The zero-order valence-corrected chi connectivity index (χ0v) is 15.2. The maximum Gasteiger partial charge on any atom is 0.289 e. The first-order chi connectivity index (χ1) is 12.5. The van der Waals surface area contributed by atoms with Gasteiger partial charge in [0.25, 0.3) is 10.7 Å². The number of methoxy groups -OCH3 is 2.